The van der Waals surface area contributed by atoms with E-state index in [9.17, 15) is 9.59 Å². The van der Waals surface area contributed by atoms with E-state index in [4.69, 9.17) is 9.47 Å². The number of rotatable bonds is 11. The van der Waals surface area contributed by atoms with Crippen LogP contribution < -0.4 is 15.4 Å². The summed E-state index contributed by atoms with van der Waals surface area (Å²) in [7, 11) is 0. The van der Waals surface area contributed by atoms with E-state index in [0.29, 0.717) is 35.7 Å². The van der Waals surface area contributed by atoms with E-state index in [-0.39, 0.29) is 17.9 Å². The number of hydrogen-bond donors (Lipinski definition) is 2. The van der Waals surface area contributed by atoms with Gasteiger partial charge in [-0.05, 0) is 43.5 Å². The molecule has 1 saturated heterocycles. The first-order valence-electron chi connectivity index (χ1n) is 11.2. The fourth-order valence-corrected chi connectivity index (χ4v) is 3.58. The molecular formula is C25H32N2O4. The fraction of sp³-hybridized carbons (Fsp3) is 0.440. The van der Waals surface area contributed by atoms with Crippen LogP contribution in [0.3, 0.4) is 0 Å². The molecule has 6 nitrogen and oxygen atoms in total. The van der Waals surface area contributed by atoms with Gasteiger partial charge < -0.3 is 20.1 Å². The lowest BCUT2D eigenvalue weighted by Gasteiger charge is -2.15. The molecule has 2 aromatic carbocycles. The summed E-state index contributed by atoms with van der Waals surface area (Å²) in [5.41, 5.74) is 1.34. The van der Waals surface area contributed by atoms with Crippen LogP contribution in [0.1, 0.15) is 66.2 Å². The Balaban J connectivity index is 1.63. The Morgan fingerprint density at radius 1 is 1.00 bits per heavy atom. The number of benzene rings is 2. The molecule has 2 aromatic rings. The average molecular weight is 425 g/mol. The number of carbonyl (C=O) groups excluding carboxylic acids is 2. The molecule has 0 spiro atoms. The maximum absolute atomic E-state index is 13.0. The summed E-state index contributed by atoms with van der Waals surface area (Å²) in [4.78, 5) is 25.7. The van der Waals surface area contributed by atoms with E-state index in [0.717, 1.165) is 32.3 Å². The Morgan fingerprint density at radius 3 is 2.55 bits per heavy atom. The Bertz CT molecular complexity index is 862. The second-order valence-electron chi connectivity index (χ2n) is 7.75. The van der Waals surface area contributed by atoms with Crippen molar-refractivity contribution in [3.05, 3.63) is 59.7 Å². The quantitative estimate of drug-likeness (QED) is 0.508. The maximum atomic E-state index is 13.0. The lowest BCUT2D eigenvalue weighted by atomic mass is 10.1. The van der Waals surface area contributed by atoms with Crippen molar-refractivity contribution >= 4 is 17.5 Å². The van der Waals surface area contributed by atoms with Gasteiger partial charge in [-0.1, -0.05) is 50.5 Å². The molecule has 0 radical (unpaired) electrons. The minimum absolute atomic E-state index is 0.0621. The van der Waals surface area contributed by atoms with Crippen molar-refractivity contribution < 1.29 is 19.1 Å². The lowest BCUT2D eigenvalue weighted by molar-refractivity contribution is 0.0858. The molecule has 1 fully saturated rings. The first-order valence-corrected chi connectivity index (χ1v) is 11.2. The van der Waals surface area contributed by atoms with Crippen LogP contribution in [-0.2, 0) is 4.74 Å². The molecule has 3 rings (SSSR count). The van der Waals surface area contributed by atoms with Crippen LogP contribution >= 0.6 is 0 Å². The number of hydrogen-bond acceptors (Lipinski definition) is 4. The van der Waals surface area contributed by atoms with Gasteiger partial charge in [0.1, 0.15) is 5.75 Å². The molecule has 1 aliphatic rings. The number of nitrogens with one attached hydrogen (secondary N) is 2. The summed E-state index contributed by atoms with van der Waals surface area (Å²) in [6, 6.07) is 14.2. The predicted molar refractivity (Wildman–Crippen MR) is 122 cm³/mol. The molecule has 1 atom stereocenters. The number of amides is 2. The van der Waals surface area contributed by atoms with E-state index >= 15 is 0 Å². The van der Waals surface area contributed by atoms with Crippen LogP contribution in [0.2, 0.25) is 0 Å². The average Bonchev–Trinajstić information content (AvgIpc) is 3.32. The minimum Gasteiger partial charge on any atom is -0.493 e. The highest BCUT2D eigenvalue weighted by Crippen LogP contribution is 2.22. The van der Waals surface area contributed by atoms with E-state index < -0.39 is 0 Å². The number of ether oxygens (including phenoxy) is 2. The molecule has 0 saturated carbocycles. The highest BCUT2D eigenvalue weighted by atomic mass is 16.5. The molecule has 1 heterocycles. The van der Waals surface area contributed by atoms with E-state index in [1.807, 2.05) is 6.07 Å². The van der Waals surface area contributed by atoms with Crippen LogP contribution in [-0.4, -0.2) is 37.7 Å². The standard InChI is InChI=1S/C25H32N2O4/c1-2-3-4-9-16-31-23-15-8-6-13-21(23)25(29)27-22-14-7-5-12-20(22)24(28)26-18-19-11-10-17-30-19/h5-8,12-15,19H,2-4,9-11,16-18H2,1H3,(H,26,28)(H,27,29)/t19-/m1/s1. The zero-order valence-corrected chi connectivity index (χ0v) is 18.2. The van der Waals surface area contributed by atoms with E-state index in [1.54, 1.807) is 42.5 Å². The smallest absolute Gasteiger partial charge is 0.259 e. The summed E-state index contributed by atoms with van der Waals surface area (Å²) in [5, 5.41) is 5.79. The summed E-state index contributed by atoms with van der Waals surface area (Å²) in [6.45, 7) is 3.96. The van der Waals surface area contributed by atoms with Gasteiger partial charge in [0.15, 0.2) is 0 Å². The van der Waals surface area contributed by atoms with Crippen LogP contribution in [0.4, 0.5) is 5.69 Å². The second kappa shape index (κ2) is 12.1. The SMILES string of the molecule is CCCCCCOc1ccccc1C(=O)Nc1ccccc1C(=O)NC[C@H]1CCCO1. The van der Waals surface area contributed by atoms with Gasteiger partial charge in [0.2, 0.25) is 0 Å². The Hall–Kier alpha value is -2.86. The fourth-order valence-electron chi connectivity index (χ4n) is 3.58. The molecule has 166 valence electrons. The van der Waals surface area contributed by atoms with Crippen molar-refractivity contribution in [2.75, 3.05) is 25.1 Å². The lowest BCUT2D eigenvalue weighted by Crippen LogP contribution is -2.32. The Labute approximate surface area is 184 Å². The van der Waals surface area contributed by atoms with Crippen molar-refractivity contribution in [1.82, 2.24) is 5.32 Å². The van der Waals surface area contributed by atoms with E-state index in [1.165, 1.54) is 12.8 Å². The number of unbranched alkanes of at least 4 members (excludes halogenated alkanes) is 3. The van der Waals surface area contributed by atoms with Gasteiger partial charge >= 0.3 is 0 Å². The second-order valence-corrected chi connectivity index (χ2v) is 7.75. The van der Waals surface area contributed by atoms with Crippen molar-refractivity contribution in [2.45, 2.75) is 51.6 Å². The largest absolute Gasteiger partial charge is 0.493 e. The molecule has 0 aromatic heterocycles. The van der Waals surface area contributed by atoms with Gasteiger partial charge in [0.25, 0.3) is 11.8 Å². The highest BCUT2D eigenvalue weighted by molar-refractivity contribution is 6.10. The number of carbonyl (C=O) groups is 2. The molecule has 0 bridgehead atoms. The van der Waals surface area contributed by atoms with Crippen LogP contribution in [0.15, 0.2) is 48.5 Å². The van der Waals surface area contributed by atoms with Gasteiger partial charge in [-0.15, -0.1) is 0 Å². The third-order valence-electron chi connectivity index (χ3n) is 5.32. The van der Waals surface area contributed by atoms with Crippen LogP contribution in [0, 0.1) is 0 Å². The van der Waals surface area contributed by atoms with Crippen molar-refractivity contribution in [3.8, 4) is 5.75 Å². The zero-order valence-electron chi connectivity index (χ0n) is 18.2. The van der Waals surface area contributed by atoms with Crippen molar-refractivity contribution in [1.29, 1.82) is 0 Å². The molecule has 1 aliphatic heterocycles. The summed E-state index contributed by atoms with van der Waals surface area (Å²) < 4.78 is 11.4. The third kappa shape index (κ3) is 6.82. The molecule has 2 amide bonds. The van der Waals surface area contributed by atoms with Gasteiger partial charge in [-0.3, -0.25) is 9.59 Å². The molecular weight excluding hydrogens is 392 g/mol. The molecule has 2 N–H and O–H groups in total. The van der Waals surface area contributed by atoms with Gasteiger partial charge in [-0.2, -0.15) is 0 Å². The molecule has 31 heavy (non-hydrogen) atoms. The zero-order chi connectivity index (χ0) is 21.9. The van der Waals surface area contributed by atoms with Gasteiger partial charge in [-0.25, -0.2) is 0 Å². The molecule has 0 aliphatic carbocycles. The van der Waals surface area contributed by atoms with Crippen molar-refractivity contribution in [3.63, 3.8) is 0 Å². The molecule has 6 heteroatoms. The van der Waals surface area contributed by atoms with E-state index in [2.05, 4.69) is 17.6 Å². The molecule has 0 unspecified atom stereocenters. The van der Waals surface area contributed by atoms with Gasteiger partial charge in [0, 0.05) is 13.2 Å². The Morgan fingerprint density at radius 2 is 1.77 bits per heavy atom. The first-order chi connectivity index (χ1) is 15.2. The number of anilines is 1. The maximum Gasteiger partial charge on any atom is 0.259 e. The summed E-state index contributed by atoms with van der Waals surface area (Å²) >= 11 is 0. The minimum atomic E-state index is -0.302. The number of para-hydroxylation sites is 2. The normalized spacial score (nSPS) is 15.5. The van der Waals surface area contributed by atoms with Gasteiger partial charge in [0.05, 0.1) is 29.5 Å². The summed E-state index contributed by atoms with van der Waals surface area (Å²) in [6.07, 6.45) is 6.45. The van der Waals surface area contributed by atoms with Crippen LogP contribution in [0.25, 0.3) is 0 Å². The Kier molecular flexibility index (Phi) is 8.91. The summed E-state index contributed by atoms with van der Waals surface area (Å²) in [5.74, 6) is 0.0206. The predicted octanol–water partition coefficient (Wildman–Crippen LogP) is 4.81. The first kappa shape index (κ1) is 22.8. The topological polar surface area (TPSA) is 76.7 Å². The van der Waals surface area contributed by atoms with Crippen molar-refractivity contribution in [2.24, 2.45) is 0 Å². The van der Waals surface area contributed by atoms with Crippen LogP contribution in [0.5, 0.6) is 5.75 Å². The third-order valence-corrected chi connectivity index (χ3v) is 5.32. The highest BCUT2D eigenvalue weighted by Gasteiger charge is 2.19. The monoisotopic (exact) mass is 424 g/mol.